The summed E-state index contributed by atoms with van der Waals surface area (Å²) >= 11 is 6.00. The van der Waals surface area contributed by atoms with Gasteiger partial charge in [0, 0.05) is 11.6 Å². The molecule has 0 unspecified atom stereocenters. The van der Waals surface area contributed by atoms with Gasteiger partial charge in [-0.1, -0.05) is 53.8 Å². The van der Waals surface area contributed by atoms with Gasteiger partial charge in [0.1, 0.15) is 21.9 Å². The lowest BCUT2D eigenvalue weighted by Gasteiger charge is -2.21. The topological polar surface area (TPSA) is 108 Å². The molecule has 1 aromatic carbocycles. The van der Waals surface area contributed by atoms with Crippen LogP contribution >= 0.6 is 24.0 Å². The number of hydrogen-bond acceptors (Lipinski definition) is 6. The second-order valence-corrected chi connectivity index (χ2v) is 7.75. The predicted octanol–water partition coefficient (Wildman–Crippen LogP) is 3.38. The summed E-state index contributed by atoms with van der Waals surface area (Å²) < 4.78 is 5.74. The highest BCUT2D eigenvalue weighted by Crippen LogP contribution is 2.35. The van der Waals surface area contributed by atoms with E-state index in [2.05, 4.69) is 0 Å². The van der Waals surface area contributed by atoms with Gasteiger partial charge in [0.15, 0.2) is 0 Å². The monoisotopic (exact) mass is 417 g/mol. The number of carboxylic acids is 2. The van der Waals surface area contributed by atoms with Gasteiger partial charge < -0.3 is 14.6 Å². The molecule has 1 aromatic heterocycles. The zero-order valence-corrected chi connectivity index (χ0v) is 16.3. The second kappa shape index (κ2) is 7.99. The van der Waals surface area contributed by atoms with E-state index < -0.39 is 30.3 Å². The number of carbonyl (C=O) groups excluding carboxylic acids is 1. The summed E-state index contributed by atoms with van der Waals surface area (Å²) in [6, 6.07) is 9.64. The molecule has 144 valence electrons. The Morgan fingerprint density at radius 3 is 2.50 bits per heavy atom. The summed E-state index contributed by atoms with van der Waals surface area (Å²) in [4.78, 5) is 35.9. The summed E-state index contributed by atoms with van der Waals surface area (Å²) in [5.74, 6) is -2.40. The quantitative estimate of drug-likeness (QED) is 0.544. The van der Waals surface area contributed by atoms with Crippen molar-refractivity contribution in [2.24, 2.45) is 0 Å². The summed E-state index contributed by atoms with van der Waals surface area (Å²) in [5.41, 5.74) is 2.00. The Morgan fingerprint density at radius 1 is 1.21 bits per heavy atom. The Labute approximate surface area is 169 Å². The van der Waals surface area contributed by atoms with Crippen molar-refractivity contribution in [1.82, 2.24) is 4.90 Å². The van der Waals surface area contributed by atoms with E-state index in [9.17, 15) is 19.5 Å². The third-order valence-electron chi connectivity index (χ3n) is 4.02. The van der Waals surface area contributed by atoms with E-state index in [-0.39, 0.29) is 9.23 Å². The van der Waals surface area contributed by atoms with Crippen LogP contribution in [0.3, 0.4) is 0 Å². The first-order chi connectivity index (χ1) is 13.3. The highest BCUT2D eigenvalue weighted by Gasteiger charge is 2.41. The van der Waals surface area contributed by atoms with Gasteiger partial charge >= 0.3 is 11.9 Å². The van der Waals surface area contributed by atoms with E-state index in [1.165, 1.54) is 6.08 Å². The van der Waals surface area contributed by atoms with Crippen molar-refractivity contribution in [2.45, 2.75) is 19.4 Å². The SMILES string of the molecule is Cc1ccc(-c2ccc(/C=C3\SC(=S)N([C@H](CC(=O)O)C(=O)O)C3=O)o2)cc1. The highest BCUT2D eigenvalue weighted by molar-refractivity contribution is 8.26. The van der Waals surface area contributed by atoms with E-state index in [0.29, 0.717) is 11.5 Å². The molecule has 0 saturated carbocycles. The molecule has 0 aliphatic carbocycles. The van der Waals surface area contributed by atoms with E-state index in [4.69, 9.17) is 21.7 Å². The van der Waals surface area contributed by atoms with Gasteiger partial charge in [-0.15, -0.1) is 0 Å². The van der Waals surface area contributed by atoms with Crippen LogP contribution in [0, 0.1) is 6.92 Å². The summed E-state index contributed by atoms with van der Waals surface area (Å²) in [7, 11) is 0. The molecule has 1 aliphatic rings. The summed E-state index contributed by atoms with van der Waals surface area (Å²) in [5, 5.41) is 18.2. The fourth-order valence-corrected chi connectivity index (χ4v) is 3.97. The van der Waals surface area contributed by atoms with Gasteiger partial charge in [-0.25, -0.2) is 4.79 Å². The molecule has 7 nitrogen and oxygen atoms in total. The maximum Gasteiger partial charge on any atom is 0.327 e. The van der Waals surface area contributed by atoms with Gasteiger partial charge in [-0.2, -0.15) is 0 Å². The van der Waals surface area contributed by atoms with Crippen molar-refractivity contribution in [3.63, 3.8) is 0 Å². The molecule has 1 saturated heterocycles. The Bertz CT molecular complexity index is 992. The van der Waals surface area contributed by atoms with Crippen molar-refractivity contribution < 1.29 is 29.0 Å². The highest BCUT2D eigenvalue weighted by atomic mass is 32.2. The lowest BCUT2D eigenvalue weighted by Crippen LogP contribution is -2.45. The smallest absolute Gasteiger partial charge is 0.327 e. The molecule has 2 heterocycles. The zero-order valence-electron chi connectivity index (χ0n) is 14.6. The molecule has 1 amide bonds. The molecule has 9 heteroatoms. The van der Waals surface area contributed by atoms with Gasteiger partial charge in [-0.3, -0.25) is 14.5 Å². The maximum atomic E-state index is 12.6. The third kappa shape index (κ3) is 4.15. The largest absolute Gasteiger partial charge is 0.481 e. The van der Waals surface area contributed by atoms with Crippen LogP contribution in [-0.4, -0.2) is 43.3 Å². The molecule has 1 fully saturated rings. The van der Waals surface area contributed by atoms with Crippen molar-refractivity contribution in [3.05, 3.63) is 52.6 Å². The van der Waals surface area contributed by atoms with E-state index >= 15 is 0 Å². The molecule has 0 radical (unpaired) electrons. The average molecular weight is 417 g/mol. The van der Waals surface area contributed by atoms with Crippen LogP contribution in [-0.2, 0) is 14.4 Å². The Balaban J connectivity index is 1.85. The molecule has 0 spiro atoms. The standard InChI is InChI=1S/C19H15NO6S2/c1-10-2-4-11(5-3-10)14-7-6-12(26-14)8-15-17(23)20(19(27)28-15)13(18(24)25)9-16(21)22/h2-8,13H,9H2,1H3,(H,21,22)(H,24,25)/b15-8-/t13-/m1/s1. The molecule has 3 rings (SSSR count). The normalized spacial score (nSPS) is 16.6. The lowest BCUT2D eigenvalue weighted by atomic mass is 10.1. The minimum atomic E-state index is -1.56. The van der Waals surface area contributed by atoms with Crippen molar-refractivity contribution in [2.75, 3.05) is 0 Å². The first kappa shape index (κ1) is 19.8. The Hall–Kier alpha value is -2.91. The van der Waals surface area contributed by atoms with E-state index in [0.717, 1.165) is 27.8 Å². The van der Waals surface area contributed by atoms with Crippen LogP contribution in [0.2, 0.25) is 0 Å². The van der Waals surface area contributed by atoms with E-state index in [1.54, 1.807) is 12.1 Å². The number of amides is 1. The van der Waals surface area contributed by atoms with Gasteiger partial charge in [0.2, 0.25) is 0 Å². The van der Waals surface area contributed by atoms with Crippen LogP contribution in [0.4, 0.5) is 0 Å². The van der Waals surface area contributed by atoms with Crippen molar-refractivity contribution in [1.29, 1.82) is 0 Å². The number of rotatable bonds is 6. The van der Waals surface area contributed by atoms with Gasteiger partial charge in [0.25, 0.3) is 5.91 Å². The predicted molar refractivity (Wildman–Crippen MR) is 108 cm³/mol. The van der Waals surface area contributed by atoms with Gasteiger partial charge in [0.05, 0.1) is 11.3 Å². The number of thiocarbonyl (C=S) groups is 1. The van der Waals surface area contributed by atoms with Crippen LogP contribution < -0.4 is 0 Å². The van der Waals surface area contributed by atoms with Crippen molar-refractivity contribution >= 4 is 52.2 Å². The van der Waals surface area contributed by atoms with Crippen molar-refractivity contribution in [3.8, 4) is 11.3 Å². The number of hydrogen-bond donors (Lipinski definition) is 2. The summed E-state index contributed by atoms with van der Waals surface area (Å²) in [6.45, 7) is 1.98. The second-order valence-electron chi connectivity index (χ2n) is 6.07. The molecule has 1 aliphatic heterocycles. The number of aryl methyl sites for hydroxylation is 1. The fourth-order valence-electron chi connectivity index (χ4n) is 2.64. The van der Waals surface area contributed by atoms with Crippen LogP contribution in [0.1, 0.15) is 17.7 Å². The summed E-state index contributed by atoms with van der Waals surface area (Å²) in [6.07, 6.45) is 0.726. The van der Waals surface area contributed by atoms with E-state index in [1.807, 2.05) is 31.2 Å². The number of nitrogens with zero attached hydrogens (tertiary/aromatic N) is 1. The average Bonchev–Trinajstić information content (AvgIpc) is 3.19. The lowest BCUT2D eigenvalue weighted by molar-refractivity contribution is -0.150. The maximum absolute atomic E-state index is 12.6. The molecular formula is C19H15NO6S2. The molecule has 1 atom stereocenters. The fraction of sp³-hybridized carbons (Fsp3) is 0.158. The minimum absolute atomic E-state index is 0.00443. The van der Waals surface area contributed by atoms with Gasteiger partial charge in [-0.05, 0) is 19.1 Å². The van der Waals surface area contributed by atoms with Crippen LogP contribution in [0.25, 0.3) is 17.4 Å². The first-order valence-electron chi connectivity index (χ1n) is 8.15. The molecule has 2 N–H and O–H groups in total. The number of aliphatic carboxylic acids is 2. The van der Waals surface area contributed by atoms with Crippen LogP contribution in [0.15, 0.2) is 45.7 Å². The minimum Gasteiger partial charge on any atom is -0.481 e. The Morgan fingerprint density at radius 2 is 1.89 bits per heavy atom. The molecule has 28 heavy (non-hydrogen) atoms. The molecule has 2 aromatic rings. The number of thioether (sulfide) groups is 1. The first-order valence-corrected chi connectivity index (χ1v) is 9.37. The number of furan rings is 1. The number of carbonyl (C=O) groups is 3. The molecular weight excluding hydrogens is 402 g/mol. The number of benzene rings is 1. The molecule has 0 bridgehead atoms. The Kier molecular flexibility index (Phi) is 5.66. The number of carboxylic acid groups (broad SMARTS) is 2. The third-order valence-corrected chi connectivity index (χ3v) is 5.35. The van der Waals surface area contributed by atoms with Crippen LogP contribution in [0.5, 0.6) is 0 Å². The zero-order chi connectivity index (χ0) is 20.4.